The van der Waals surface area contributed by atoms with Crippen LogP contribution in [0.3, 0.4) is 0 Å². The van der Waals surface area contributed by atoms with E-state index in [4.69, 9.17) is 28.3 Å². The van der Waals surface area contributed by atoms with Crippen LogP contribution in [0.1, 0.15) is 23.7 Å². The number of aliphatic carboxylic acids is 1. The number of carboxylic acid groups (broad SMARTS) is 1. The van der Waals surface area contributed by atoms with Gasteiger partial charge in [0.15, 0.2) is 0 Å². The summed E-state index contributed by atoms with van der Waals surface area (Å²) in [5.41, 5.74) is -0.579. The number of carboxylic acids is 1. The van der Waals surface area contributed by atoms with E-state index >= 15 is 0 Å². The molecule has 0 spiro atoms. The van der Waals surface area contributed by atoms with E-state index in [1.54, 1.807) is 6.92 Å². The Morgan fingerprint density at radius 1 is 1.38 bits per heavy atom. The molecule has 0 aliphatic rings. The fourth-order valence-electron chi connectivity index (χ4n) is 1.69. The molecular weight excluding hydrogens is 323 g/mol. The molecule has 0 fully saturated rings. The van der Waals surface area contributed by atoms with Crippen LogP contribution in [0.5, 0.6) is 0 Å². The van der Waals surface area contributed by atoms with Gasteiger partial charge in [0, 0.05) is 18.7 Å². The quantitative estimate of drug-likeness (QED) is 0.636. The first-order valence-corrected chi connectivity index (χ1v) is 6.68. The SMILES string of the molecule is CCCN(CC(=O)O)C(=O)c1cc([N+](=O)[O-])cc(Cl)c1Cl. The molecule has 1 aromatic rings. The fourth-order valence-corrected chi connectivity index (χ4v) is 2.10. The molecule has 0 saturated carbocycles. The number of benzene rings is 1. The highest BCUT2D eigenvalue weighted by atomic mass is 35.5. The van der Waals surface area contributed by atoms with Crippen molar-refractivity contribution >= 4 is 40.8 Å². The Morgan fingerprint density at radius 3 is 2.48 bits per heavy atom. The maximum absolute atomic E-state index is 12.3. The normalized spacial score (nSPS) is 10.2. The third-order valence-corrected chi connectivity index (χ3v) is 3.36. The Hall–Kier alpha value is -1.86. The van der Waals surface area contributed by atoms with Gasteiger partial charge >= 0.3 is 5.97 Å². The Morgan fingerprint density at radius 2 is 2.00 bits per heavy atom. The van der Waals surface area contributed by atoms with E-state index in [0.717, 1.165) is 17.0 Å². The summed E-state index contributed by atoms with van der Waals surface area (Å²) in [5.74, 6) is -1.90. The number of nitro groups is 1. The van der Waals surface area contributed by atoms with Gasteiger partial charge in [0.1, 0.15) is 6.54 Å². The number of rotatable bonds is 6. The molecule has 0 heterocycles. The first kappa shape index (κ1) is 17.2. The summed E-state index contributed by atoms with van der Waals surface area (Å²) >= 11 is 11.7. The van der Waals surface area contributed by atoms with E-state index in [2.05, 4.69) is 0 Å². The van der Waals surface area contributed by atoms with Crippen LogP contribution >= 0.6 is 23.2 Å². The number of nitrogens with zero attached hydrogens (tertiary/aromatic N) is 2. The maximum atomic E-state index is 12.3. The summed E-state index contributed by atoms with van der Waals surface area (Å²) in [7, 11) is 0. The van der Waals surface area contributed by atoms with Crippen molar-refractivity contribution in [3.63, 3.8) is 0 Å². The third kappa shape index (κ3) is 4.30. The minimum atomic E-state index is -1.19. The maximum Gasteiger partial charge on any atom is 0.323 e. The zero-order chi connectivity index (χ0) is 16.2. The first-order valence-electron chi connectivity index (χ1n) is 5.92. The molecule has 114 valence electrons. The van der Waals surface area contributed by atoms with Crippen molar-refractivity contribution in [2.45, 2.75) is 13.3 Å². The second kappa shape index (κ2) is 7.24. The number of non-ortho nitro benzene ring substituents is 1. The minimum absolute atomic E-state index is 0.138. The number of hydrogen-bond donors (Lipinski definition) is 1. The molecule has 0 radical (unpaired) electrons. The van der Waals surface area contributed by atoms with Gasteiger partial charge in [0.05, 0.1) is 20.5 Å². The number of carbonyl (C=O) groups excluding carboxylic acids is 1. The summed E-state index contributed by atoms with van der Waals surface area (Å²) < 4.78 is 0. The molecule has 0 aromatic heterocycles. The molecule has 0 saturated heterocycles. The molecule has 0 aliphatic carbocycles. The second-order valence-corrected chi connectivity index (χ2v) is 4.95. The number of amides is 1. The molecule has 1 aromatic carbocycles. The lowest BCUT2D eigenvalue weighted by atomic mass is 10.1. The van der Waals surface area contributed by atoms with Gasteiger partial charge < -0.3 is 10.0 Å². The molecule has 0 unspecified atom stereocenters. The summed E-state index contributed by atoms with van der Waals surface area (Å²) in [6, 6.07) is 2.02. The monoisotopic (exact) mass is 334 g/mol. The van der Waals surface area contributed by atoms with E-state index in [-0.39, 0.29) is 27.8 Å². The third-order valence-electron chi connectivity index (χ3n) is 2.56. The van der Waals surface area contributed by atoms with Crippen molar-refractivity contribution < 1.29 is 19.6 Å². The molecule has 21 heavy (non-hydrogen) atoms. The average molecular weight is 335 g/mol. The highest BCUT2D eigenvalue weighted by Crippen LogP contribution is 2.31. The molecule has 1 rings (SSSR count). The van der Waals surface area contributed by atoms with Gasteiger partial charge in [-0.3, -0.25) is 19.7 Å². The standard InChI is InChI=1S/C12H12Cl2N2O5/c1-2-3-15(6-10(17)18)12(19)8-4-7(16(20)21)5-9(13)11(8)14/h4-5H,2-3,6H2,1H3,(H,17,18). The molecule has 0 bridgehead atoms. The molecule has 7 nitrogen and oxygen atoms in total. The molecular formula is C12H12Cl2N2O5. The zero-order valence-electron chi connectivity index (χ0n) is 11.0. The Kier molecular flexibility index (Phi) is 5.92. The highest BCUT2D eigenvalue weighted by Gasteiger charge is 2.24. The molecule has 1 amide bonds. The summed E-state index contributed by atoms with van der Waals surface area (Å²) in [6.07, 6.45) is 0.527. The van der Waals surface area contributed by atoms with Crippen LogP contribution in [0.4, 0.5) is 5.69 Å². The molecule has 0 aliphatic heterocycles. The number of halogens is 2. The van der Waals surface area contributed by atoms with Gasteiger partial charge in [-0.05, 0) is 6.42 Å². The van der Waals surface area contributed by atoms with Crippen molar-refractivity contribution in [1.82, 2.24) is 4.90 Å². The van der Waals surface area contributed by atoms with Gasteiger partial charge in [-0.15, -0.1) is 0 Å². The van der Waals surface area contributed by atoms with Crippen LogP contribution in [0.2, 0.25) is 10.0 Å². The minimum Gasteiger partial charge on any atom is -0.480 e. The van der Waals surface area contributed by atoms with E-state index in [0.29, 0.717) is 6.42 Å². The number of hydrogen-bond acceptors (Lipinski definition) is 4. The van der Waals surface area contributed by atoms with E-state index in [1.807, 2.05) is 0 Å². The van der Waals surface area contributed by atoms with Gasteiger partial charge in [-0.1, -0.05) is 30.1 Å². The second-order valence-electron chi connectivity index (χ2n) is 4.17. The topological polar surface area (TPSA) is 101 Å². The molecule has 1 N–H and O–H groups in total. The van der Waals surface area contributed by atoms with Gasteiger partial charge in [-0.2, -0.15) is 0 Å². The highest BCUT2D eigenvalue weighted by molar-refractivity contribution is 6.44. The van der Waals surface area contributed by atoms with E-state index in [1.165, 1.54) is 0 Å². The average Bonchev–Trinajstić information content (AvgIpc) is 2.39. The van der Waals surface area contributed by atoms with Crippen LogP contribution < -0.4 is 0 Å². The van der Waals surface area contributed by atoms with E-state index < -0.39 is 23.3 Å². The lowest BCUT2D eigenvalue weighted by Gasteiger charge is -2.20. The van der Waals surface area contributed by atoms with Crippen LogP contribution in [0, 0.1) is 10.1 Å². The first-order chi connectivity index (χ1) is 9.77. The number of nitro benzene ring substituents is 1. The van der Waals surface area contributed by atoms with Crippen LogP contribution in [-0.4, -0.2) is 39.9 Å². The predicted molar refractivity (Wildman–Crippen MR) is 76.9 cm³/mol. The van der Waals surface area contributed by atoms with Crippen molar-refractivity contribution in [3.05, 3.63) is 37.9 Å². The predicted octanol–water partition coefficient (Wildman–Crippen LogP) is 2.84. The smallest absolute Gasteiger partial charge is 0.323 e. The summed E-state index contributed by atoms with van der Waals surface area (Å²) in [5, 5.41) is 19.3. The van der Waals surface area contributed by atoms with Crippen molar-refractivity contribution in [2.24, 2.45) is 0 Å². The number of carbonyl (C=O) groups is 2. The Labute approximate surface area is 130 Å². The zero-order valence-corrected chi connectivity index (χ0v) is 12.5. The van der Waals surface area contributed by atoms with Gasteiger partial charge in [0.25, 0.3) is 11.6 Å². The van der Waals surface area contributed by atoms with Gasteiger partial charge in [0.2, 0.25) is 0 Å². The van der Waals surface area contributed by atoms with E-state index in [9.17, 15) is 19.7 Å². The van der Waals surface area contributed by atoms with Crippen LogP contribution in [0.15, 0.2) is 12.1 Å². The fraction of sp³-hybridized carbons (Fsp3) is 0.333. The Balaban J connectivity index is 3.26. The van der Waals surface area contributed by atoms with Gasteiger partial charge in [-0.25, -0.2) is 0 Å². The van der Waals surface area contributed by atoms with Crippen molar-refractivity contribution in [1.29, 1.82) is 0 Å². The van der Waals surface area contributed by atoms with Crippen molar-refractivity contribution in [2.75, 3.05) is 13.1 Å². The lowest BCUT2D eigenvalue weighted by molar-refractivity contribution is -0.384. The van der Waals surface area contributed by atoms with Crippen LogP contribution in [0.25, 0.3) is 0 Å². The molecule has 9 heteroatoms. The summed E-state index contributed by atoms with van der Waals surface area (Å²) in [4.78, 5) is 34.2. The Bertz CT molecular complexity index is 591. The summed E-state index contributed by atoms with van der Waals surface area (Å²) in [6.45, 7) is 1.43. The molecule has 0 atom stereocenters. The van der Waals surface area contributed by atoms with Crippen molar-refractivity contribution in [3.8, 4) is 0 Å². The van der Waals surface area contributed by atoms with Crippen LogP contribution in [-0.2, 0) is 4.79 Å². The lowest BCUT2D eigenvalue weighted by Crippen LogP contribution is -2.36. The largest absolute Gasteiger partial charge is 0.480 e.